The second-order valence-electron chi connectivity index (χ2n) is 4.95. The number of alkyl halides is 3. The molecule has 0 fully saturated rings. The summed E-state index contributed by atoms with van der Waals surface area (Å²) in [5.41, 5.74) is -0.0449. The van der Waals surface area contributed by atoms with Crippen molar-refractivity contribution in [3.8, 4) is 11.5 Å². The number of amides is 1. The summed E-state index contributed by atoms with van der Waals surface area (Å²) < 4.78 is 44.6. The zero-order valence-electron chi connectivity index (χ0n) is 12.6. The van der Waals surface area contributed by atoms with Crippen molar-refractivity contribution < 1.29 is 22.7 Å². The van der Waals surface area contributed by atoms with E-state index in [-0.39, 0.29) is 16.5 Å². The van der Waals surface area contributed by atoms with Gasteiger partial charge in [0.05, 0.1) is 10.6 Å². The van der Waals surface area contributed by atoms with Crippen molar-refractivity contribution in [1.82, 2.24) is 20.3 Å². The average molecular weight is 371 g/mol. The van der Waals surface area contributed by atoms with Gasteiger partial charge >= 0.3 is 12.2 Å². The summed E-state index contributed by atoms with van der Waals surface area (Å²) >= 11 is 5.87. The molecule has 0 unspecified atom stereocenters. The number of nitrogens with one attached hydrogen (secondary N) is 1. The van der Waals surface area contributed by atoms with Crippen LogP contribution in [0.2, 0.25) is 5.02 Å². The largest absolute Gasteiger partial charge is 0.456 e. The first-order chi connectivity index (χ1) is 11.8. The van der Waals surface area contributed by atoms with Gasteiger partial charge in [-0.25, -0.2) is 4.79 Å². The molecule has 0 aliphatic heterocycles. The summed E-state index contributed by atoms with van der Waals surface area (Å²) in [5.74, 6) is 0.314. The van der Waals surface area contributed by atoms with E-state index in [1.165, 1.54) is 13.1 Å². The Hall–Kier alpha value is -2.81. The van der Waals surface area contributed by atoms with Crippen LogP contribution in [0, 0.1) is 0 Å². The van der Waals surface area contributed by atoms with Gasteiger partial charge in [0.1, 0.15) is 22.5 Å². The number of halogens is 4. The summed E-state index contributed by atoms with van der Waals surface area (Å²) in [6.45, 7) is 0. The Labute approximate surface area is 144 Å². The van der Waals surface area contributed by atoms with Gasteiger partial charge in [0, 0.05) is 13.1 Å². The molecule has 0 bridgehead atoms. The highest BCUT2D eigenvalue weighted by atomic mass is 35.5. The van der Waals surface area contributed by atoms with Crippen LogP contribution < -0.4 is 10.1 Å². The molecule has 3 aromatic rings. The van der Waals surface area contributed by atoms with Crippen LogP contribution in [-0.2, 0) is 6.18 Å². The number of rotatable bonds is 2. The first kappa shape index (κ1) is 17.0. The van der Waals surface area contributed by atoms with E-state index in [1.807, 2.05) is 0 Å². The van der Waals surface area contributed by atoms with Gasteiger partial charge in [-0.05, 0) is 30.3 Å². The number of nitrogens with zero attached hydrogens (tertiary/aromatic N) is 3. The molecule has 0 saturated heterocycles. The molecule has 6 nitrogen and oxygen atoms in total. The van der Waals surface area contributed by atoms with Crippen LogP contribution in [0.1, 0.15) is 5.56 Å². The van der Waals surface area contributed by atoms with E-state index in [0.29, 0.717) is 11.0 Å². The fourth-order valence-electron chi connectivity index (χ4n) is 2.10. The minimum atomic E-state index is -4.49. The summed E-state index contributed by atoms with van der Waals surface area (Å²) in [4.78, 5) is 11.7. The van der Waals surface area contributed by atoms with Crippen molar-refractivity contribution in [2.24, 2.45) is 0 Å². The number of ether oxygens (including phenoxy) is 1. The lowest BCUT2D eigenvalue weighted by Crippen LogP contribution is -2.25. The van der Waals surface area contributed by atoms with Crippen LogP contribution in [0.4, 0.5) is 18.0 Å². The molecule has 2 aromatic carbocycles. The second-order valence-corrected chi connectivity index (χ2v) is 5.36. The van der Waals surface area contributed by atoms with Gasteiger partial charge in [-0.1, -0.05) is 16.8 Å². The molecule has 1 amide bonds. The van der Waals surface area contributed by atoms with Crippen molar-refractivity contribution in [2.45, 2.75) is 6.18 Å². The topological polar surface area (TPSA) is 69.0 Å². The van der Waals surface area contributed by atoms with E-state index >= 15 is 0 Å². The Morgan fingerprint density at radius 2 is 2.00 bits per heavy atom. The maximum absolute atomic E-state index is 12.7. The summed E-state index contributed by atoms with van der Waals surface area (Å²) in [6.07, 6.45) is -4.49. The molecule has 0 aliphatic rings. The zero-order valence-corrected chi connectivity index (χ0v) is 13.4. The minimum Gasteiger partial charge on any atom is -0.456 e. The SMILES string of the molecule is CNC(=O)n1nnc2ccc(Oc3ccc(C(F)(F)F)cc3Cl)cc21. The second kappa shape index (κ2) is 6.25. The minimum absolute atomic E-state index is 0.0491. The van der Waals surface area contributed by atoms with Gasteiger partial charge in [0.2, 0.25) is 0 Å². The maximum atomic E-state index is 12.7. The molecule has 1 N–H and O–H groups in total. The van der Waals surface area contributed by atoms with Gasteiger partial charge in [-0.2, -0.15) is 17.9 Å². The highest BCUT2D eigenvalue weighted by Gasteiger charge is 2.31. The molecule has 130 valence electrons. The van der Waals surface area contributed by atoms with E-state index in [1.54, 1.807) is 12.1 Å². The molecule has 10 heteroatoms. The lowest BCUT2D eigenvalue weighted by atomic mass is 10.2. The van der Waals surface area contributed by atoms with Crippen LogP contribution in [0.3, 0.4) is 0 Å². The molecule has 1 heterocycles. The molecular weight excluding hydrogens is 361 g/mol. The van der Waals surface area contributed by atoms with Crippen molar-refractivity contribution in [2.75, 3.05) is 7.05 Å². The fraction of sp³-hybridized carbons (Fsp3) is 0.133. The van der Waals surface area contributed by atoms with Crippen LogP contribution in [0.5, 0.6) is 11.5 Å². The third-order valence-corrected chi connectivity index (χ3v) is 3.61. The van der Waals surface area contributed by atoms with E-state index < -0.39 is 17.8 Å². The molecular formula is C15H10ClF3N4O2. The number of aromatic nitrogens is 3. The standard InChI is InChI=1S/C15H10ClF3N4O2/c1-20-14(24)23-12-7-9(3-4-11(12)21-22-23)25-13-5-2-8(6-10(13)16)15(17,18)19/h2-7H,1H3,(H,20,24). The Morgan fingerprint density at radius 3 is 2.64 bits per heavy atom. The Balaban J connectivity index is 1.94. The van der Waals surface area contributed by atoms with Gasteiger partial charge in [0.15, 0.2) is 0 Å². The summed E-state index contributed by atoms with van der Waals surface area (Å²) in [5, 5.41) is 9.78. The third kappa shape index (κ3) is 3.36. The average Bonchev–Trinajstić information content (AvgIpc) is 2.98. The molecule has 0 spiro atoms. The number of hydrogen-bond donors (Lipinski definition) is 1. The van der Waals surface area contributed by atoms with E-state index in [0.717, 1.165) is 22.9 Å². The molecule has 25 heavy (non-hydrogen) atoms. The summed E-state index contributed by atoms with van der Waals surface area (Å²) in [6, 6.07) is 6.88. The summed E-state index contributed by atoms with van der Waals surface area (Å²) in [7, 11) is 1.44. The Morgan fingerprint density at radius 1 is 1.24 bits per heavy atom. The number of benzene rings is 2. The van der Waals surface area contributed by atoms with Gasteiger partial charge in [0.25, 0.3) is 0 Å². The van der Waals surface area contributed by atoms with Crippen molar-refractivity contribution in [3.63, 3.8) is 0 Å². The van der Waals surface area contributed by atoms with Gasteiger partial charge in [-0.15, -0.1) is 5.10 Å². The molecule has 1 aromatic heterocycles. The van der Waals surface area contributed by atoms with Crippen molar-refractivity contribution in [1.29, 1.82) is 0 Å². The Kier molecular flexibility index (Phi) is 4.25. The van der Waals surface area contributed by atoms with E-state index in [4.69, 9.17) is 16.3 Å². The van der Waals surface area contributed by atoms with Crippen LogP contribution in [0.15, 0.2) is 36.4 Å². The lowest BCUT2D eigenvalue weighted by Gasteiger charge is -2.11. The lowest BCUT2D eigenvalue weighted by molar-refractivity contribution is -0.137. The molecule has 0 radical (unpaired) electrons. The van der Waals surface area contributed by atoms with Crippen LogP contribution in [-0.4, -0.2) is 28.1 Å². The quantitative estimate of drug-likeness (QED) is 0.738. The fourth-order valence-corrected chi connectivity index (χ4v) is 2.32. The highest BCUT2D eigenvalue weighted by Crippen LogP contribution is 2.36. The van der Waals surface area contributed by atoms with Gasteiger partial charge < -0.3 is 10.1 Å². The normalized spacial score (nSPS) is 11.6. The van der Waals surface area contributed by atoms with Crippen molar-refractivity contribution >= 4 is 28.7 Å². The third-order valence-electron chi connectivity index (χ3n) is 3.31. The predicted molar refractivity (Wildman–Crippen MR) is 83.9 cm³/mol. The zero-order chi connectivity index (χ0) is 18.2. The number of fused-ring (bicyclic) bond motifs is 1. The molecule has 0 aliphatic carbocycles. The van der Waals surface area contributed by atoms with Gasteiger partial charge in [-0.3, -0.25) is 0 Å². The maximum Gasteiger partial charge on any atom is 0.416 e. The highest BCUT2D eigenvalue weighted by molar-refractivity contribution is 6.32. The monoisotopic (exact) mass is 370 g/mol. The molecule has 0 atom stereocenters. The van der Waals surface area contributed by atoms with Crippen molar-refractivity contribution in [3.05, 3.63) is 47.0 Å². The first-order valence-corrected chi connectivity index (χ1v) is 7.29. The van der Waals surface area contributed by atoms with Crippen LogP contribution in [0.25, 0.3) is 11.0 Å². The number of hydrogen-bond acceptors (Lipinski definition) is 4. The Bertz CT molecular complexity index is 956. The molecule has 0 saturated carbocycles. The first-order valence-electron chi connectivity index (χ1n) is 6.92. The molecule has 3 rings (SSSR count). The number of carbonyl (C=O) groups is 1. The predicted octanol–water partition coefficient (Wildman–Crippen LogP) is 4.08. The van der Waals surface area contributed by atoms with Crippen LogP contribution >= 0.6 is 11.6 Å². The smallest absolute Gasteiger partial charge is 0.416 e. The van der Waals surface area contributed by atoms with E-state index in [2.05, 4.69) is 15.6 Å². The van der Waals surface area contributed by atoms with E-state index in [9.17, 15) is 18.0 Å². The number of carbonyl (C=O) groups excluding carboxylic acids is 1.